The molecule has 0 spiro atoms. The maximum atomic E-state index is 13.7. The van der Waals surface area contributed by atoms with Crippen molar-refractivity contribution in [1.82, 2.24) is 0 Å². The second kappa shape index (κ2) is 4.22. The minimum Gasteiger partial charge on any atom is -0.361 e. The van der Waals surface area contributed by atoms with Crippen LogP contribution in [0.25, 0.3) is 0 Å². The second-order valence-corrected chi connectivity index (χ2v) is 7.88. The highest BCUT2D eigenvalue weighted by Crippen LogP contribution is 2.43. The van der Waals surface area contributed by atoms with Gasteiger partial charge in [-0.15, -0.1) is 0 Å². The van der Waals surface area contributed by atoms with Gasteiger partial charge < -0.3 is 4.74 Å². The number of ether oxygens (including phenoxy) is 1. The van der Waals surface area contributed by atoms with Gasteiger partial charge in [0.05, 0.1) is 0 Å². The summed E-state index contributed by atoms with van der Waals surface area (Å²) < 4.78 is 29.5. The number of halogens is 4. The van der Waals surface area contributed by atoms with Gasteiger partial charge in [-0.2, -0.15) is 0 Å². The summed E-state index contributed by atoms with van der Waals surface area (Å²) in [5.41, 5.74) is -2.28. The van der Waals surface area contributed by atoms with E-state index in [4.69, 9.17) is 4.74 Å². The van der Waals surface area contributed by atoms with Gasteiger partial charge in [0.15, 0.2) is 9.16 Å². The highest BCUT2D eigenvalue weighted by molar-refractivity contribution is 9.10. The van der Waals surface area contributed by atoms with Crippen molar-refractivity contribution in [1.29, 1.82) is 0 Å². The van der Waals surface area contributed by atoms with Gasteiger partial charge >= 0.3 is 0 Å². The Morgan fingerprint density at radius 2 is 0.933 bits per heavy atom. The lowest BCUT2D eigenvalue weighted by Gasteiger charge is -2.43. The van der Waals surface area contributed by atoms with Gasteiger partial charge in [-0.05, 0) is 73.4 Å². The third-order valence-corrected chi connectivity index (χ3v) is 4.53. The van der Waals surface area contributed by atoms with Crippen LogP contribution in [0.15, 0.2) is 0 Å². The molecule has 0 bridgehead atoms. The molecule has 92 valence electrons. The fourth-order valence-corrected chi connectivity index (χ4v) is 0.979. The van der Waals surface area contributed by atoms with Crippen LogP contribution in [0.1, 0.15) is 41.5 Å². The normalized spacial score (nSPS) is 22.0. The molecule has 2 atom stereocenters. The van der Waals surface area contributed by atoms with E-state index < -0.39 is 20.4 Å². The fraction of sp³-hybridized carbons (Fsp3) is 1.00. The molecule has 0 rings (SSSR count). The van der Waals surface area contributed by atoms with E-state index in [1.165, 1.54) is 13.8 Å². The minimum atomic E-state index is -1.73. The predicted octanol–water partition coefficient (Wildman–Crippen LogP) is 4.72. The molecule has 0 aliphatic carbocycles. The summed E-state index contributed by atoms with van der Waals surface area (Å²) in [5, 5.41) is 0. The van der Waals surface area contributed by atoms with Crippen molar-refractivity contribution in [3.05, 3.63) is 0 Å². The van der Waals surface area contributed by atoms with Crippen molar-refractivity contribution in [3.63, 3.8) is 0 Å². The Hall–Kier alpha value is 0.780. The molecule has 0 N–H and O–H groups in total. The molecule has 0 saturated carbocycles. The first-order valence-corrected chi connectivity index (χ1v) is 6.25. The van der Waals surface area contributed by atoms with Gasteiger partial charge in [0.1, 0.15) is 11.2 Å². The molecule has 0 radical (unpaired) electrons. The molecule has 0 aromatic heterocycles. The lowest BCUT2D eigenvalue weighted by molar-refractivity contribution is -0.185. The molecule has 0 aromatic carbocycles. The lowest BCUT2D eigenvalue weighted by Crippen LogP contribution is -2.53. The summed E-state index contributed by atoms with van der Waals surface area (Å²) in [6.45, 7) is 8.97. The van der Waals surface area contributed by atoms with Gasteiger partial charge in [-0.3, -0.25) is 0 Å². The third-order valence-electron chi connectivity index (χ3n) is 2.62. The van der Waals surface area contributed by atoms with Crippen LogP contribution in [0.5, 0.6) is 0 Å². The lowest BCUT2D eigenvalue weighted by atomic mass is 9.98. The van der Waals surface area contributed by atoms with Gasteiger partial charge in [-0.1, -0.05) is 0 Å². The van der Waals surface area contributed by atoms with E-state index in [1.54, 1.807) is 27.7 Å². The van der Waals surface area contributed by atoms with Crippen LogP contribution in [-0.2, 0) is 4.74 Å². The second-order valence-electron chi connectivity index (χ2n) is 4.90. The molecular weight excluding hydrogens is 334 g/mol. The highest BCUT2D eigenvalue weighted by Gasteiger charge is 2.49. The summed E-state index contributed by atoms with van der Waals surface area (Å²) in [4.78, 5) is 0. The minimum absolute atomic E-state index is 1.14. The van der Waals surface area contributed by atoms with Crippen molar-refractivity contribution in [2.45, 2.75) is 61.9 Å². The Morgan fingerprint density at radius 1 is 0.733 bits per heavy atom. The van der Waals surface area contributed by atoms with Gasteiger partial charge in [-0.25, -0.2) is 8.78 Å². The number of hydrogen-bond acceptors (Lipinski definition) is 1. The zero-order chi connectivity index (χ0) is 12.7. The largest absolute Gasteiger partial charge is 0.361 e. The van der Waals surface area contributed by atoms with Crippen molar-refractivity contribution in [3.8, 4) is 0 Å². The topological polar surface area (TPSA) is 9.23 Å². The average molecular weight is 352 g/mol. The van der Waals surface area contributed by atoms with E-state index in [-0.39, 0.29) is 0 Å². The van der Waals surface area contributed by atoms with E-state index in [2.05, 4.69) is 31.9 Å². The summed E-state index contributed by atoms with van der Waals surface area (Å²) >= 11 is 5.78. The Bertz CT molecular complexity index is 203. The van der Waals surface area contributed by atoms with Crippen LogP contribution >= 0.6 is 31.9 Å². The van der Waals surface area contributed by atoms with E-state index in [1.807, 2.05) is 0 Å². The first-order valence-electron chi connectivity index (χ1n) is 4.66. The Morgan fingerprint density at radius 3 is 1.07 bits per heavy atom. The molecule has 0 aliphatic heterocycles. The quantitative estimate of drug-likeness (QED) is 0.666. The van der Waals surface area contributed by atoms with Crippen molar-refractivity contribution in [2.75, 3.05) is 0 Å². The molecule has 0 saturated heterocycles. The van der Waals surface area contributed by atoms with Crippen LogP contribution in [0, 0.1) is 0 Å². The van der Waals surface area contributed by atoms with Gasteiger partial charge in [0, 0.05) is 0 Å². The Balaban J connectivity index is 4.89. The number of rotatable bonds is 4. The van der Waals surface area contributed by atoms with Crippen LogP contribution in [0.2, 0.25) is 0 Å². The maximum Gasteiger partial charge on any atom is 0.190 e. The van der Waals surface area contributed by atoms with Crippen LogP contribution in [0.3, 0.4) is 0 Å². The summed E-state index contributed by atoms with van der Waals surface area (Å²) in [6.07, 6.45) is 0. The molecule has 0 amide bonds. The Labute approximate surface area is 107 Å². The molecule has 0 aliphatic rings. The van der Waals surface area contributed by atoms with Crippen molar-refractivity contribution < 1.29 is 13.5 Å². The molecule has 1 nitrogen and oxygen atoms in total. The maximum absolute atomic E-state index is 13.7. The monoisotopic (exact) mass is 350 g/mol. The standard InChI is InChI=1S/C10H18Br2F2O/c1-7(2,9(5,11)13)15-8(3,4)10(6,12)14/h1-6H3. The van der Waals surface area contributed by atoms with Crippen molar-refractivity contribution in [2.24, 2.45) is 0 Å². The van der Waals surface area contributed by atoms with E-state index in [0.29, 0.717) is 0 Å². The fourth-order valence-electron chi connectivity index (χ4n) is 0.817. The summed E-state index contributed by atoms with van der Waals surface area (Å²) in [6, 6.07) is 0. The van der Waals surface area contributed by atoms with Crippen LogP contribution in [0.4, 0.5) is 8.78 Å². The van der Waals surface area contributed by atoms with Crippen LogP contribution in [-0.4, -0.2) is 20.4 Å². The summed E-state index contributed by atoms with van der Waals surface area (Å²) in [5.74, 6) is 0. The Kier molecular flexibility index (Phi) is 4.44. The molecule has 15 heavy (non-hydrogen) atoms. The SMILES string of the molecule is CC(F)(Br)C(C)(C)OC(C)(C)C(C)(F)Br. The molecule has 2 unspecified atom stereocenters. The molecule has 5 heteroatoms. The molecule has 0 heterocycles. The van der Waals surface area contributed by atoms with E-state index >= 15 is 0 Å². The van der Waals surface area contributed by atoms with Crippen LogP contribution < -0.4 is 0 Å². The zero-order valence-corrected chi connectivity index (χ0v) is 13.1. The predicted molar refractivity (Wildman–Crippen MR) is 66.1 cm³/mol. The smallest absolute Gasteiger partial charge is 0.190 e. The molecular formula is C10H18Br2F2O. The first kappa shape index (κ1) is 15.8. The number of alkyl halides is 4. The molecule has 0 fully saturated rings. The molecule has 0 aromatic rings. The average Bonchev–Trinajstić information content (AvgIpc) is 1.77. The van der Waals surface area contributed by atoms with E-state index in [9.17, 15) is 8.78 Å². The number of hydrogen-bond donors (Lipinski definition) is 0. The first-order chi connectivity index (χ1) is 6.21. The highest BCUT2D eigenvalue weighted by atomic mass is 79.9. The van der Waals surface area contributed by atoms with Crippen molar-refractivity contribution >= 4 is 31.9 Å². The van der Waals surface area contributed by atoms with Gasteiger partial charge in [0.2, 0.25) is 0 Å². The zero-order valence-electron chi connectivity index (χ0n) is 9.92. The third kappa shape index (κ3) is 3.93. The van der Waals surface area contributed by atoms with Gasteiger partial charge in [0.25, 0.3) is 0 Å². The summed E-state index contributed by atoms with van der Waals surface area (Å²) in [7, 11) is 0. The van der Waals surface area contributed by atoms with E-state index in [0.717, 1.165) is 0 Å².